The van der Waals surface area contributed by atoms with Gasteiger partial charge in [0.05, 0.1) is 18.4 Å². The summed E-state index contributed by atoms with van der Waals surface area (Å²) in [5.74, 6) is -1.04. The molecule has 72 valence electrons. The minimum Gasteiger partial charge on any atom is -0.481 e. The van der Waals surface area contributed by atoms with Crippen molar-refractivity contribution in [2.24, 2.45) is 0 Å². The van der Waals surface area contributed by atoms with Gasteiger partial charge >= 0.3 is 5.97 Å². The van der Waals surface area contributed by atoms with Crippen LogP contribution in [0.1, 0.15) is 17.4 Å². The maximum absolute atomic E-state index is 10.3. The first-order chi connectivity index (χ1) is 6.13. The SMILES string of the molecule is COc1ncc(C(O)CC(=O)O)s1. The Morgan fingerprint density at radius 2 is 2.54 bits per heavy atom. The number of nitrogens with zero attached hydrogens (tertiary/aromatic N) is 1. The van der Waals surface area contributed by atoms with Gasteiger partial charge in [0.25, 0.3) is 5.19 Å². The van der Waals surface area contributed by atoms with Crippen LogP contribution in [0.2, 0.25) is 0 Å². The van der Waals surface area contributed by atoms with E-state index < -0.39 is 12.1 Å². The summed E-state index contributed by atoms with van der Waals surface area (Å²) < 4.78 is 4.80. The molecule has 1 aromatic rings. The molecular formula is C7H9NO4S. The molecule has 1 heterocycles. The topological polar surface area (TPSA) is 79.7 Å². The van der Waals surface area contributed by atoms with E-state index in [9.17, 15) is 9.90 Å². The van der Waals surface area contributed by atoms with Crippen LogP contribution in [0.3, 0.4) is 0 Å². The Hall–Kier alpha value is -1.14. The summed E-state index contributed by atoms with van der Waals surface area (Å²) in [6, 6.07) is 0. The van der Waals surface area contributed by atoms with Gasteiger partial charge in [0, 0.05) is 6.20 Å². The van der Waals surface area contributed by atoms with E-state index in [2.05, 4.69) is 4.98 Å². The standard InChI is InChI=1S/C7H9NO4S/c1-12-7-8-3-5(13-7)4(9)2-6(10)11/h3-4,9H,2H2,1H3,(H,10,11). The highest BCUT2D eigenvalue weighted by atomic mass is 32.1. The predicted molar refractivity (Wildman–Crippen MR) is 45.9 cm³/mol. The molecule has 0 saturated heterocycles. The van der Waals surface area contributed by atoms with Crippen LogP contribution in [0, 0.1) is 0 Å². The molecule has 1 atom stereocenters. The fraction of sp³-hybridized carbons (Fsp3) is 0.429. The highest BCUT2D eigenvalue weighted by Gasteiger charge is 2.15. The molecule has 5 nitrogen and oxygen atoms in total. The summed E-state index contributed by atoms with van der Waals surface area (Å²) in [5.41, 5.74) is 0. The highest BCUT2D eigenvalue weighted by molar-refractivity contribution is 7.13. The molecule has 6 heteroatoms. The Bertz CT molecular complexity index is 298. The maximum atomic E-state index is 10.3. The third-order valence-electron chi connectivity index (χ3n) is 1.37. The van der Waals surface area contributed by atoms with Gasteiger partial charge in [-0.2, -0.15) is 0 Å². The Morgan fingerprint density at radius 1 is 1.85 bits per heavy atom. The van der Waals surface area contributed by atoms with E-state index in [0.717, 1.165) is 11.3 Å². The van der Waals surface area contributed by atoms with Crippen molar-refractivity contribution in [2.75, 3.05) is 7.11 Å². The van der Waals surface area contributed by atoms with Crippen LogP contribution in [0.5, 0.6) is 5.19 Å². The van der Waals surface area contributed by atoms with Gasteiger partial charge in [-0.05, 0) is 0 Å². The number of carboxylic acid groups (broad SMARTS) is 1. The Morgan fingerprint density at radius 3 is 3.00 bits per heavy atom. The Balaban J connectivity index is 2.65. The number of carbonyl (C=O) groups is 1. The number of methoxy groups -OCH3 is 1. The van der Waals surface area contributed by atoms with E-state index in [1.807, 2.05) is 0 Å². The lowest BCUT2D eigenvalue weighted by Gasteiger charge is -2.02. The molecule has 0 radical (unpaired) electrons. The number of hydrogen-bond donors (Lipinski definition) is 2. The van der Waals surface area contributed by atoms with Crippen molar-refractivity contribution in [3.63, 3.8) is 0 Å². The van der Waals surface area contributed by atoms with Crippen LogP contribution < -0.4 is 4.74 Å². The molecule has 1 unspecified atom stereocenters. The molecule has 0 spiro atoms. The lowest BCUT2D eigenvalue weighted by molar-refractivity contribution is -0.139. The highest BCUT2D eigenvalue weighted by Crippen LogP contribution is 2.27. The van der Waals surface area contributed by atoms with Crippen LogP contribution in [0.25, 0.3) is 0 Å². The van der Waals surface area contributed by atoms with Crippen molar-refractivity contribution < 1.29 is 19.7 Å². The van der Waals surface area contributed by atoms with Gasteiger partial charge in [-0.25, -0.2) is 4.98 Å². The molecule has 0 saturated carbocycles. The van der Waals surface area contributed by atoms with Crippen molar-refractivity contribution >= 4 is 17.3 Å². The second kappa shape index (κ2) is 4.20. The zero-order valence-corrected chi connectivity index (χ0v) is 7.74. The van der Waals surface area contributed by atoms with Crippen LogP contribution in [0.4, 0.5) is 0 Å². The zero-order chi connectivity index (χ0) is 9.84. The lowest BCUT2D eigenvalue weighted by Crippen LogP contribution is -2.03. The number of thiazole rings is 1. The van der Waals surface area contributed by atoms with Gasteiger partial charge < -0.3 is 14.9 Å². The monoisotopic (exact) mass is 203 g/mol. The first-order valence-electron chi connectivity index (χ1n) is 3.53. The lowest BCUT2D eigenvalue weighted by atomic mass is 10.2. The number of carboxylic acids is 1. The molecular weight excluding hydrogens is 194 g/mol. The Labute approximate surface area is 78.6 Å². The molecule has 0 aliphatic carbocycles. The first-order valence-corrected chi connectivity index (χ1v) is 4.34. The van der Waals surface area contributed by atoms with Crippen molar-refractivity contribution in [3.8, 4) is 5.19 Å². The zero-order valence-electron chi connectivity index (χ0n) is 6.93. The fourth-order valence-corrected chi connectivity index (χ4v) is 1.50. The van der Waals surface area contributed by atoms with Gasteiger partial charge in [0.2, 0.25) is 0 Å². The summed E-state index contributed by atoms with van der Waals surface area (Å²) in [7, 11) is 1.46. The number of aromatic nitrogens is 1. The number of ether oxygens (including phenoxy) is 1. The average Bonchev–Trinajstić information content (AvgIpc) is 2.50. The minimum atomic E-state index is -1.04. The van der Waals surface area contributed by atoms with E-state index in [-0.39, 0.29) is 6.42 Å². The van der Waals surface area contributed by atoms with E-state index in [1.165, 1.54) is 13.3 Å². The summed E-state index contributed by atoms with van der Waals surface area (Å²) in [5, 5.41) is 18.2. The predicted octanol–water partition coefficient (Wildman–Crippen LogP) is 0.660. The summed E-state index contributed by atoms with van der Waals surface area (Å²) in [4.78, 5) is 14.6. The molecule has 0 amide bonds. The average molecular weight is 203 g/mol. The Kier molecular flexibility index (Phi) is 3.21. The van der Waals surface area contributed by atoms with E-state index in [0.29, 0.717) is 10.1 Å². The smallest absolute Gasteiger partial charge is 0.306 e. The number of hydrogen-bond acceptors (Lipinski definition) is 5. The van der Waals surface area contributed by atoms with Crippen molar-refractivity contribution in [1.29, 1.82) is 0 Å². The van der Waals surface area contributed by atoms with Gasteiger partial charge in [-0.3, -0.25) is 4.79 Å². The maximum Gasteiger partial charge on any atom is 0.306 e. The molecule has 1 aromatic heterocycles. The molecule has 0 aliphatic heterocycles. The normalized spacial score (nSPS) is 12.5. The van der Waals surface area contributed by atoms with Crippen molar-refractivity contribution in [3.05, 3.63) is 11.1 Å². The third-order valence-corrected chi connectivity index (χ3v) is 2.43. The number of aliphatic hydroxyl groups excluding tert-OH is 1. The van der Waals surface area contributed by atoms with Crippen molar-refractivity contribution in [1.82, 2.24) is 4.98 Å². The molecule has 0 bridgehead atoms. The largest absolute Gasteiger partial charge is 0.481 e. The van der Waals surface area contributed by atoms with E-state index in [1.54, 1.807) is 0 Å². The third kappa shape index (κ3) is 2.67. The molecule has 0 aliphatic rings. The number of aliphatic carboxylic acids is 1. The van der Waals surface area contributed by atoms with Crippen molar-refractivity contribution in [2.45, 2.75) is 12.5 Å². The van der Waals surface area contributed by atoms with Gasteiger partial charge in [-0.1, -0.05) is 11.3 Å². The second-order valence-corrected chi connectivity index (χ2v) is 3.37. The van der Waals surface area contributed by atoms with Crippen LogP contribution >= 0.6 is 11.3 Å². The number of aliphatic hydroxyl groups is 1. The first kappa shape index (κ1) is 9.94. The van der Waals surface area contributed by atoms with E-state index in [4.69, 9.17) is 9.84 Å². The summed E-state index contributed by atoms with van der Waals surface area (Å²) in [6.07, 6.45) is 0.0986. The van der Waals surface area contributed by atoms with Crippen LogP contribution in [-0.2, 0) is 4.79 Å². The fourth-order valence-electron chi connectivity index (χ4n) is 0.784. The molecule has 1 rings (SSSR count). The van der Waals surface area contributed by atoms with Gasteiger partial charge in [0.15, 0.2) is 0 Å². The van der Waals surface area contributed by atoms with E-state index >= 15 is 0 Å². The quantitative estimate of drug-likeness (QED) is 0.751. The minimum absolute atomic E-state index is 0.314. The van der Waals surface area contributed by atoms with Crippen LogP contribution in [0.15, 0.2) is 6.20 Å². The van der Waals surface area contributed by atoms with Gasteiger partial charge in [0.1, 0.15) is 6.10 Å². The number of rotatable bonds is 4. The molecule has 0 aromatic carbocycles. The van der Waals surface area contributed by atoms with Crippen LogP contribution in [-0.4, -0.2) is 28.3 Å². The summed E-state index contributed by atoms with van der Waals surface area (Å²) in [6.45, 7) is 0. The molecule has 0 fully saturated rings. The second-order valence-electron chi connectivity index (χ2n) is 2.35. The summed E-state index contributed by atoms with van der Waals surface area (Å²) >= 11 is 1.14. The molecule has 13 heavy (non-hydrogen) atoms. The van der Waals surface area contributed by atoms with Gasteiger partial charge in [-0.15, -0.1) is 0 Å². The molecule has 2 N–H and O–H groups in total.